The summed E-state index contributed by atoms with van der Waals surface area (Å²) in [5, 5.41) is 3.30. The first-order valence-corrected chi connectivity index (χ1v) is 6.83. The molecule has 0 radical (unpaired) electrons. The Balaban J connectivity index is 1.79. The van der Waals surface area contributed by atoms with E-state index in [1.165, 1.54) is 0 Å². The Bertz CT molecular complexity index is 268. The van der Waals surface area contributed by atoms with E-state index in [2.05, 4.69) is 31.0 Å². The molecule has 98 valence electrons. The van der Waals surface area contributed by atoms with Crippen LogP contribution in [0.3, 0.4) is 0 Å². The van der Waals surface area contributed by atoms with Crippen molar-refractivity contribution < 1.29 is 4.79 Å². The molecule has 0 aromatic carbocycles. The summed E-state index contributed by atoms with van der Waals surface area (Å²) in [4.78, 5) is 16.8. The molecule has 1 amide bonds. The first-order valence-electron chi connectivity index (χ1n) is 6.83. The molecule has 0 aromatic heterocycles. The van der Waals surface area contributed by atoms with Gasteiger partial charge < -0.3 is 10.2 Å². The summed E-state index contributed by atoms with van der Waals surface area (Å²) in [5.74, 6) is 0.940. The second-order valence-corrected chi connectivity index (χ2v) is 5.71. The molecule has 2 aliphatic rings. The van der Waals surface area contributed by atoms with Crippen LogP contribution >= 0.6 is 0 Å². The van der Waals surface area contributed by atoms with Crippen LogP contribution in [-0.2, 0) is 4.79 Å². The molecule has 0 aliphatic carbocycles. The molecule has 2 rings (SSSR count). The van der Waals surface area contributed by atoms with Gasteiger partial charge in [0, 0.05) is 51.2 Å². The molecule has 4 nitrogen and oxygen atoms in total. The molecule has 1 atom stereocenters. The highest BCUT2D eigenvalue weighted by molar-refractivity contribution is 5.78. The van der Waals surface area contributed by atoms with Crippen molar-refractivity contribution in [3.05, 3.63) is 0 Å². The number of carbonyl (C=O) groups is 1. The first kappa shape index (κ1) is 12.8. The van der Waals surface area contributed by atoms with E-state index in [4.69, 9.17) is 0 Å². The summed E-state index contributed by atoms with van der Waals surface area (Å²) in [7, 11) is 0. The average molecular weight is 239 g/mol. The third-order valence-electron chi connectivity index (χ3n) is 4.29. The molecule has 2 saturated heterocycles. The Morgan fingerprint density at radius 2 is 1.71 bits per heavy atom. The molecule has 2 fully saturated rings. The lowest BCUT2D eigenvalue weighted by atomic mass is 9.96. The van der Waals surface area contributed by atoms with Crippen LogP contribution in [0.4, 0.5) is 0 Å². The van der Waals surface area contributed by atoms with Gasteiger partial charge in [0.1, 0.15) is 0 Å². The monoisotopic (exact) mass is 239 g/mol. The highest BCUT2D eigenvalue weighted by Gasteiger charge is 2.30. The van der Waals surface area contributed by atoms with E-state index in [1.807, 2.05) is 4.90 Å². The van der Waals surface area contributed by atoms with Crippen LogP contribution in [0.2, 0.25) is 0 Å². The van der Waals surface area contributed by atoms with Crippen LogP contribution in [0.25, 0.3) is 0 Å². The lowest BCUT2D eigenvalue weighted by Crippen LogP contribution is -2.62. The fourth-order valence-corrected chi connectivity index (χ4v) is 2.41. The SMILES string of the molecule is CC(C)C(C)C(=O)N1CCN(C2CNC2)CC1. The molecule has 0 saturated carbocycles. The fraction of sp³-hybridized carbons (Fsp3) is 0.923. The number of hydrogen-bond acceptors (Lipinski definition) is 3. The molecule has 17 heavy (non-hydrogen) atoms. The summed E-state index contributed by atoms with van der Waals surface area (Å²) in [6.45, 7) is 12.4. The van der Waals surface area contributed by atoms with E-state index in [0.29, 0.717) is 11.8 Å². The molecule has 1 unspecified atom stereocenters. The molecule has 2 heterocycles. The maximum atomic E-state index is 12.2. The van der Waals surface area contributed by atoms with Crippen molar-refractivity contribution in [3.8, 4) is 0 Å². The zero-order chi connectivity index (χ0) is 12.4. The fourth-order valence-electron chi connectivity index (χ4n) is 2.41. The molecule has 2 aliphatic heterocycles. The zero-order valence-electron chi connectivity index (χ0n) is 11.3. The lowest BCUT2D eigenvalue weighted by Gasteiger charge is -2.43. The summed E-state index contributed by atoms with van der Waals surface area (Å²) >= 11 is 0. The summed E-state index contributed by atoms with van der Waals surface area (Å²) in [6, 6.07) is 0.717. The molecule has 1 N–H and O–H groups in total. The van der Waals surface area contributed by atoms with Gasteiger partial charge in [-0.05, 0) is 5.92 Å². The Hall–Kier alpha value is -0.610. The van der Waals surface area contributed by atoms with Crippen molar-refractivity contribution in [2.45, 2.75) is 26.8 Å². The standard InChI is InChI=1S/C13H25N3O/c1-10(2)11(3)13(17)16-6-4-15(5-7-16)12-8-14-9-12/h10-12,14H,4-9H2,1-3H3. The molecular formula is C13H25N3O. The minimum atomic E-state index is 0.159. The van der Waals surface area contributed by atoms with E-state index >= 15 is 0 Å². The second-order valence-electron chi connectivity index (χ2n) is 5.71. The van der Waals surface area contributed by atoms with Crippen molar-refractivity contribution in [1.29, 1.82) is 0 Å². The molecule has 0 bridgehead atoms. The van der Waals surface area contributed by atoms with Gasteiger partial charge in [0.15, 0.2) is 0 Å². The van der Waals surface area contributed by atoms with Gasteiger partial charge >= 0.3 is 0 Å². The Morgan fingerprint density at radius 3 is 2.12 bits per heavy atom. The molecular weight excluding hydrogens is 214 g/mol. The number of hydrogen-bond donors (Lipinski definition) is 1. The highest BCUT2D eigenvalue weighted by atomic mass is 16.2. The predicted octanol–water partition coefficient (Wildman–Crippen LogP) is 0.395. The van der Waals surface area contributed by atoms with Gasteiger partial charge in [-0.25, -0.2) is 0 Å². The van der Waals surface area contributed by atoms with Gasteiger partial charge in [0.25, 0.3) is 0 Å². The average Bonchev–Trinajstić information content (AvgIpc) is 2.25. The summed E-state index contributed by atoms with van der Waals surface area (Å²) < 4.78 is 0. The molecule has 4 heteroatoms. The number of carbonyl (C=O) groups excluding carboxylic acids is 1. The maximum Gasteiger partial charge on any atom is 0.225 e. The van der Waals surface area contributed by atoms with Crippen LogP contribution in [0.15, 0.2) is 0 Å². The quantitative estimate of drug-likeness (QED) is 0.774. The van der Waals surface area contributed by atoms with Gasteiger partial charge in [0.05, 0.1) is 0 Å². The third kappa shape index (κ3) is 2.80. The minimum Gasteiger partial charge on any atom is -0.340 e. The van der Waals surface area contributed by atoms with Crippen LogP contribution < -0.4 is 5.32 Å². The van der Waals surface area contributed by atoms with Crippen molar-refractivity contribution >= 4 is 5.91 Å². The van der Waals surface area contributed by atoms with Crippen LogP contribution in [0.1, 0.15) is 20.8 Å². The van der Waals surface area contributed by atoms with Gasteiger partial charge in [-0.15, -0.1) is 0 Å². The van der Waals surface area contributed by atoms with Crippen molar-refractivity contribution in [2.24, 2.45) is 11.8 Å². The van der Waals surface area contributed by atoms with Gasteiger partial charge in [-0.2, -0.15) is 0 Å². The number of piperazine rings is 1. The third-order valence-corrected chi connectivity index (χ3v) is 4.29. The predicted molar refractivity (Wildman–Crippen MR) is 68.8 cm³/mol. The number of nitrogens with one attached hydrogen (secondary N) is 1. The van der Waals surface area contributed by atoms with E-state index in [-0.39, 0.29) is 5.92 Å². The van der Waals surface area contributed by atoms with E-state index in [0.717, 1.165) is 45.3 Å². The van der Waals surface area contributed by atoms with Crippen molar-refractivity contribution in [3.63, 3.8) is 0 Å². The zero-order valence-corrected chi connectivity index (χ0v) is 11.3. The van der Waals surface area contributed by atoms with Crippen LogP contribution in [-0.4, -0.2) is 61.0 Å². The Labute approximate surface area is 104 Å². The second kappa shape index (κ2) is 5.36. The normalized spacial score (nSPS) is 24.8. The minimum absolute atomic E-state index is 0.159. The van der Waals surface area contributed by atoms with Crippen LogP contribution in [0.5, 0.6) is 0 Å². The highest BCUT2D eigenvalue weighted by Crippen LogP contribution is 2.16. The van der Waals surface area contributed by atoms with Crippen molar-refractivity contribution in [1.82, 2.24) is 15.1 Å². The molecule has 0 aromatic rings. The van der Waals surface area contributed by atoms with Gasteiger partial charge in [-0.1, -0.05) is 20.8 Å². The van der Waals surface area contributed by atoms with Gasteiger partial charge in [-0.3, -0.25) is 9.69 Å². The number of nitrogens with zero attached hydrogens (tertiary/aromatic N) is 2. The maximum absolute atomic E-state index is 12.2. The largest absolute Gasteiger partial charge is 0.340 e. The number of rotatable bonds is 3. The molecule has 0 spiro atoms. The topological polar surface area (TPSA) is 35.6 Å². The smallest absolute Gasteiger partial charge is 0.225 e. The van der Waals surface area contributed by atoms with Crippen LogP contribution in [0, 0.1) is 11.8 Å². The number of amides is 1. The lowest BCUT2D eigenvalue weighted by molar-refractivity contribution is -0.138. The van der Waals surface area contributed by atoms with E-state index in [9.17, 15) is 4.79 Å². The van der Waals surface area contributed by atoms with Crippen molar-refractivity contribution in [2.75, 3.05) is 39.3 Å². The Kier molecular flexibility index (Phi) is 4.05. The Morgan fingerprint density at radius 1 is 1.12 bits per heavy atom. The van der Waals surface area contributed by atoms with E-state index < -0.39 is 0 Å². The first-order chi connectivity index (χ1) is 8.09. The van der Waals surface area contributed by atoms with E-state index in [1.54, 1.807) is 0 Å². The summed E-state index contributed by atoms with van der Waals surface area (Å²) in [5.41, 5.74) is 0. The van der Waals surface area contributed by atoms with Gasteiger partial charge in [0.2, 0.25) is 5.91 Å². The summed E-state index contributed by atoms with van der Waals surface area (Å²) in [6.07, 6.45) is 0.